The van der Waals surface area contributed by atoms with Gasteiger partial charge in [0.1, 0.15) is 5.54 Å². The molecule has 5 heteroatoms. The summed E-state index contributed by atoms with van der Waals surface area (Å²) >= 11 is 0. The van der Waals surface area contributed by atoms with Crippen LogP contribution in [0.2, 0.25) is 0 Å². The zero-order valence-electron chi connectivity index (χ0n) is 12.9. The predicted octanol–water partition coefficient (Wildman–Crippen LogP) is 2.74. The minimum Gasteiger partial charge on any atom is -0.480 e. The van der Waals surface area contributed by atoms with Crippen LogP contribution in [0, 0.1) is 0 Å². The van der Waals surface area contributed by atoms with Crippen molar-refractivity contribution in [2.24, 2.45) is 0 Å². The maximum atomic E-state index is 13.0. The molecule has 22 heavy (non-hydrogen) atoms. The molecule has 5 nitrogen and oxygen atoms in total. The van der Waals surface area contributed by atoms with Crippen molar-refractivity contribution < 1.29 is 14.7 Å². The Morgan fingerprint density at radius 3 is 2.73 bits per heavy atom. The Morgan fingerprint density at radius 1 is 1.32 bits per heavy atom. The quantitative estimate of drug-likeness (QED) is 0.948. The topological polar surface area (TPSA) is 62.5 Å². The van der Waals surface area contributed by atoms with Crippen molar-refractivity contribution in [1.29, 1.82) is 0 Å². The fraction of sp³-hybridized carbons (Fsp3) is 0.412. The van der Waals surface area contributed by atoms with Gasteiger partial charge in [0, 0.05) is 30.2 Å². The number of carboxylic acid groups (broad SMARTS) is 1. The third kappa shape index (κ3) is 2.00. The molecule has 1 aromatic carbocycles. The highest BCUT2D eigenvalue weighted by molar-refractivity contribution is 6.08. The van der Waals surface area contributed by atoms with E-state index in [4.69, 9.17) is 0 Å². The lowest BCUT2D eigenvalue weighted by molar-refractivity contribution is -0.147. The Balaban J connectivity index is 2.08. The number of aryl methyl sites for hydroxylation is 1. The van der Waals surface area contributed by atoms with Gasteiger partial charge < -0.3 is 14.6 Å². The fourth-order valence-electron chi connectivity index (χ4n) is 3.34. The van der Waals surface area contributed by atoms with Crippen molar-refractivity contribution in [2.75, 3.05) is 6.54 Å². The molecule has 0 bridgehead atoms. The molecule has 1 amide bonds. The predicted molar refractivity (Wildman–Crippen MR) is 83.9 cm³/mol. The molecule has 1 atom stereocenters. The number of carbonyl (C=O) groups excluding carboxylic acids is 1. The highest BCUT2D eigenvalue weighted by atomic mass is 16.4. The molecule has 116 valence electrons. The van der Waals surface area contributed by atoms with Crippen molar-refractivity contribution in [3.8, 4) is 0 Å². The van der Waals surface area contributed by atoms with Crippen LogP contribution >= 0.6 is 0 Å². The molecule has 3 rings (SSSR count). The van der Waals surface area contributed by atoms with E-state index < -0.39 is 11.5 Å². The van der Waals surface area contributed by atoms with Crippen LogP contribution in [0.3, 0.4) is 0 Å². The van der Waals surface area contributed by atoms with Gasteiger partial charge in [0.2, 0.25) is 0 Å². The first-order chi connectivity index (χ1) is 10.5. The number of rotatable bonds is 3. The number of aliphatic carboxylic acids is 1. The number of nitrogens with zero attached hydrogens (tertiary/aromatic N) is 2. The van der Waals surface area contributed by atoms with Crippen LogP contribution in [-0.2, 0) is 11.3 Å². The third-order valence-corrected chi connectivity index (χ3v) is 4.71. The van der Waals surface area contributed by atoms with E-state index in [2.05, 4.69) is 0 Å². The average molecular weight is 300 g/mol. The van der Waals surface area contributed by atoms with Gasteiger partial charge in [-0.25, -0.2) is 4.79 Å². The Hall–Kier alpha value is -2.30. The lowest BCUT2D eigenvalue weighted by Crippen LogP contribution is -2.50. The Kier molecular flexibility index (Phi) is 3.43. The first-order valence-corrected chi connectivity index (χ1v) is 7.62. The number of amides is 1. The van der Waals surface area contributed by atoms with E-state index in [1.54, 1.807) is 6.92 Å². The molecule has 2 heterocycles. The minimum absolute atomic E-state index is 0.189. The van der Waals surface area contributed by atoms with Crippen LogP contribution in [-0.4, -0.2) is 38.5 Å². The van der Waals surface area contributed by atoms with Gasteiger partial charge in [-0.3, -0.25) is 4.79 Å². The molecule has 1 N–H and O–H groups in total. The number of aromatic nitrogens is 1. The standard InChI is InChI=1S/C17H20N2O3/c1-3-18-11-13(12-7-4-5-8-14(12)18)15(20)19-10-6-9-17(19,2)16(21)22/h4-5,7-8,11H,3,6,9-10H2,1-2H3,(H,21,22)/t17-/m1/s1. The molecule has 1 aliphatic rings. The van der Waals surface area contributed by atoms with Crippen LogP contribution in [0.25, 0.3) is 10.9 Å². The number of carboxylic acids is 1. The van der Waals surface area contributed by atoms with Gasteiger partial charge in [-0.05, 0) is 32.8 Å². The summed E-state index contributed by atoms with van der Waals surface area (Å²) in [7, 11) is 0. The number of hydrogen-bond donors (Lipinski definition) is 1. The summed E-state index contributed by atoms with van der Waals surface area (Å²) in [4.78, 5) is 26.1. The fourth-order valence-corrected chi connectivity index (χ4v) is 3.34. The molecule has 0 spiro atoms. The summed E-state index contributed by atoms with van der Waals surface area (Å²) < 4.78 is 2.02. The van der Waals surface area contributed by atoms with Gasteiger partial charge in [0.25, 0.3) is 5.91 Å². The maximum absolute atomic E-state index is 13.0. The van der Waals surface area contributed by atoms with Crippen molar-refractivity contribution in [1.82, 2.24) is 9.47 Å². The molecule has 0 saturated carbocycles. The first-order valence-electron chi connectivity index (χ1n) is 7.62. The summed E-state index contributed by atoms with van der Waals surface area (Å²) in [6, 6.07) is 7.75. The van der Waals surface area contributed by atoms with Gasteiger partial charge in [0.15, 0.2) is 0 Å². The zero-order chi connectivity index (χ0) is 15.9. The zero-order valence-corrected chi connectivity index (χ0v) is 12.9. The van der Waals surface area contributed by atoms with Crippen molar-refractivity contribution in [3.63, 3.8) is 0 Å². The lowest BCUT2D eigenvalue weighted by Gasteiger charge is -2.31. The number of para-hydroxylation sites is 1. The summed E-state index contributed by atoms with van der Waals surface area (Å²) in [5.74, 6) is -1.12. The molecule has 1 aliphatic heterocycles. The van der Waals surface area contributed by atoms with Crippen molar-refractivity contribution >= 4 is 22.8 Å². The van der Waals surface area contributed by atoms with E-state index in [0.29, 0.717) is 18.5 Å². The summed E-state index contributed by atoms with van der Waals surface area (Å²) in [5.41, 5.74) is 0.489. The van der Waals surface area contributed by atoms with Crippen LogP contribution in [0.1, 0.15) is 37.0 Å². The third-order valence-electron chi connectivity index (χ3n) is 4.71. The van der Waals surface area contributed by atoms with Gasteiger partial charge in [-0.2, -0.15) is 0 Å². The van der Waals surface area contributed by atoms with E-state index in [1.165, 1.54) is 4.90 Å². The van der Waals surface area contributed by atoms with E-state index in [1.807, 2.05) is 42.0 Å². The highest BCUT2D eigenvalue weighted by Gasteiger charge is 2.46. The van der Waals surface area contributed by atoms with E-state index in [-0.39, 0.29) is 5.91 Å². The molecule has 2 aromatic rings. The van der Waals surface area contributed by atoms with Crippen molar-refractivity contribution in [2.45, 2.75) is 38.8 Å². The molecule has 1 fully saturated rings. The van der Waals surface area contributed by atoms with Gasteiger partial charge in [-0.1, -0.05) is 18.2 Å². The van der Waals surface area contributed by atoms with Crippen LogP contribution in [0.4, 0.5) is 0 Å². The minimum atomic E-state index is -1.10. The van der Waals surface area contributed by atoms with E-state index in [9.17, 15) is 14.7 Å². The molecule has 1 saturated heterocycles. The molecule has 0 radical (unpaired) electrons. The summed E-state index contributed by atoms with van der Waals surface area (Å²) in [6.07, 6.45) is 3.06. The largest absolute Gasteiger partial charge is 0.480 e. The SMILES string of the molecule is CCn1cc(C(=O)N2CCC[C@]2(C)C(=O)O)c2ccccc21. The highest BCUT2D eigenvalue weighted by Crippen LogP contribution is 2.32. The van der Waals surface area contributed by atoms with Gasteiger partial charge >= 0.3 is 5.97 Å². The monoisotopic (exact) mass is 300 g/mol. The summed E-state index contributed by atoms with van der Waals surface area (Å²) in [6.45, 7) is 4.93. The number of fused-ring (bicyclic) bond motifs is 1. The molecule has 0 aliphatic carbocycles. The number of benzene rings is 1. The van der Waals surface area contributed by atoms with E-state index in [0.717, 1.165) is 23.9 Å². The van der Waals surface area contributed by atoms with Crippen molar-refractivity contribution in [3.05, 3.63) is 36.0 Å². The molecular formula is C17H20N2O3. The second-order valence-electron chi connectivity index (χ2n) is 5.99. The van der Waals surface area contributed by atoms with Gasteiger partial charge in [-0.15, -0.1) is 0 Å². The van der Waals surface area contributed by atoms with Crippen LogP contribution < -0.4 is 0 Å². The molecule has 0 unspecified atom stereocenters. The molecule has 1 aromatic heterocycles. The van der Waals surface area contributed by atoms with Gasteiger partial charge in [0.05, 0.1) is 5.56 Å². The smallest absolute Gasteiger partial charge is 0.329 e. The second kappa shape index (κ2) is 5.16. The second-order valence-corrected chi connectivity index (χ2v) is 5.99. The Labute approximate surface area is 129 Å². The Bertz CT molecular complexity index is 749. The molecular weight excluding hydrogens is 280 g/mol. The van der Waals surface area contributed by atoms with Crippen LogP contribution in [0.15, 0.2) is 30.5 Å². The number of carbonyl (C=O) groups is 2. The van der Waals surface area contributed by atoms with Crippen LogP contribution in [0.5, 0.6) is 0 Å². The normalized spacial score (nSPS) is 21.5. The van der Waals surface area contributed by atoms with E-state index >= 15 is 0 Å². The lowest BCUT2D eigenvalue weighted by atomic mass is 9.98. The average Bonchev–Trinajstić information content (AvgIpc) is 3.08. The first kappa shape index (κ1) is 14.6. The Morgan fingerprint density at radius 2 is 2.05 bits per heavy atom. The number of hydrogen-bond acceptors (Lipinski definition) is 2. The maximum Gasteiger partial charge on any atom is 0.329 e. The number of likely N-dealkylation sites (tertiary alicyclic amines) is 1. The summed E-state index contributed by atoms with van der Waals surface area (Å²) in [5, 5.41) is 10.4.